The molecule has 24 heavy (non-hydrogen) atoms. The molecule has 0 saturated heterocycles. The van der Waals surface area contributed by atoms with Crippen LogP contribution in [0.15, 0.2) is 0 Å². The van der Waals surface area contributed by atoms with Crippen LogP contribution in [-0.2, 0) is 10.1 Å². The topological polar surface area (TPSA) is 80.4 Å². The van der Waals surface area contributed by atoms with Crippen molar-refractivity contribution >= 4 is 10.1 Å². The summed E-state index contributed by atoms with van der Waals surface area (Å²) in [5.74, 6) is 0. The van der Waals surface area contributed by atoms with Gasteiger partial charge in [0.2, 0.25) is 0 Å². The molecule has 5 heteroatoms. The van der Waals surface area contributed by atoms with E-state index in [1.54, 1.807) is 0 Å². The van der Waals surface area contributed by atoms with Crippen LogP contribution in [0.2, 0.25) is 0 Å². The molecule has 0 amide bonds. The van der Waals surface area contributed by atoms with Gasteiger partial charge in [-0.3, -0.25) is 4.55 Å². The van der Waals surface area contributed by atoms with Crippen LogP contribution in [0.3, 0.4) is 0 Å². The first-order chi connectivity index (χ1) is 11.4. The first-order valence-electron chi connectivity index (χ1n) is 10.0. The van der Waals surface area contributed by atoms with Crippen LogP contribution in [0, 0.1) is 0 Å². The molecular formula is C19H43NO3S. The van der Waals surface area contributed by atoms with Gasteiger partial charge in [-0.05, 0) is 13.0 Å². The second kappa shape index (κ2) is 20.9. The van der Waals surface area contributed by atoms with E-state index >= 15 is 0 Å². The highest BCUT2D eigenvalue weighted by atomic mass is 32.2. The van der Waals surface area contributed by atoms with Crippen LogP contribution in [-0.4, -0.2) is 25.8 Å². The van der Waals surface area contributed by atoms with Crippen molar-refractivity contribution in [1.82, 2.24) is 0 Å². The molecule has 0 aromatic heterocycles. The predicted molar refractivity (Wildman–Crippen MR) is 106 cm³/mol. The van der Waals surface area contributed by atoms with Crippen molar-refractivity contribution in [2.75, 3.05) is 12.8 Å². The molecule has 0 aromatic carbocycles. The predicted octanol–water partition coefficient (Wildman–Crippen LogP) is 5.71. The highest BCUT2D eigenvalue weighted by molar-refractivity contribution is 7.85. The summed E-state index contributed by atoms with van der Waals surface area (Å²) in [7, 11) is -3.67. The highest BCUT2D eigenvalue weighted by Crippen LogP contribution is 2.13. The third kappa shape index (κ3) is 37.8. The van der Waals surface area contributed by atoms with Gasteiger partial charge in [-0.1, -0.05) is 103 Å². The SMILES string of the molecule is CCCCCCCCCCCCCCCCCCN.CS(=O)(=O)O. The van der Waals surface area contributed by atoms with Crippen molar-refractivity contribution in [2.24, 2.45) is 5.73 Å². The molecule has 0 radical (unpaired) electrons. The fourth-order valence-corrected chi connectivity index (χ4v) is 2.69. The average Bonchev–Trinajstić information content (AvgIpc) is 2.49. The van der Waals surface area contributed by atoms with Crippen molar-refractivity contribution in [2.45, 2.75) is 110 Å². The Morgan fingerprint density at radius 2 is 0.833 bits per heavy atom. The van der Waals surface area contributed by atoms with Gasteiger partial charge in [-0.15, -0.1) is 0 Å². The first kappa shape index (κ1) is 26.1. The van der Waals surface area contributed by atoms with Gasteiger partial charge in [0.05, 0.1) is 6.26 Å². The molecule has 0 rings (SSSR count). The first-order valence-corrected chi connectivity index (χ1v) is 11.9. The van der Waals surface area contributed by atoms with Gasteiger partial charge in [0.1, 0.15) is 0 Å². The van der Waals surface area contributed by atoms with E-state index in [-0.39, 0.29) is 0 Å². The lowest BCUT2D eigenvalue weighted by Crippen LogP contribution is -1.97. The van der Waals surface area contributed by atoms with E-state index in [0.717, 1.165) is 6.54 Å². The summed E-state index contributed by atoms with van der Waals surface area (Å²) in [6.07, 6.45) is 23.6. The van der Waals surface area contributed by atoms with Crippen LogP contribution in [0.25, 0.3) is 0 Å². The maximum atomic E-state index is 9.19. The normalized spacial score (nSPS) is 11.2. The highest BCUT2D eigenvalue weighted by Gasteiger charge is 1.94. The molecular weight excluding hydrogens is 322 g/mol. The van der Waals surface area contributed by atoms with Crippen molar-refractivity contribution in [3.05, 3.63) is 0 Å². The van der Waals surface area contributed by atoms with E-state index in [0.29, 0.717) is 6.26 Å². The minimum Gasteiger partial charge on any atom is -0.330 e. The maximum absolute atomic E-state index is 9.19. The third-order valence-electron chi connectivity index (χ3n) is 4.06. The molecule has 0 saturated carbocycles. The second-order valence-corrected chi connectivity index (χ2v) is 8.29. The second-order valence-electron chi connectivity index (χ2n) is 6.82. The number of nitrogens with two attached hydrogens (primary N) is 1. The molecule has 148 valence electrons. The van der Waals surface area contributed by atoms with Gasteiger partial charge in [-0.2, -0.15) is 8.42 Å². The zero-order valence-electron chi connectivity index (χ0n) is 16.3. The van der Waals surface area contributed by atoms with Gasteiger partial charge in [0.15, 0.2) is 0 Å². The molecule has 4 nitrogen and oxygen atoms in total. The minimum absolute atomic E-state index is 0.715. The maximum Gasteiger partial charge on any atom is 0.261 e. The van der Waals surface area contributed by atoms with Gasteiger partial charge in [0, 0.05) is 0 Å². The molecule has 0 bridgehead atoms. The van der Waals surface area contributed by atoms with Crippen LogP contribution >= 0.6 is 0 Å². The Hall–Kier alpha value is -0.130. The van der Waals surface area contributed by atoms with Gasteiger partial charge in [-0.25, -0.2) is 0 Å². The Labute approximate surface area is 151 Å². The minimum atomic E-state index is -3.67. The van der Waals surface area contributed by atoms with Gasteiger partial charge < -0.3 is 5.73 Å². The molecule has 0 heterocycles. The van der Waals surface area contributed by atoms with E-state index in [1.807, 2.05) is 0 Å². The van der Waals surface area contributed by atoms with E-state index in [1.165, 1.54) is 103 Å². The lowest BCUT2D eigenvalue weighted by atomic mass is 10.0. The zero-order valence-corrected chi connectivity index (χ0v) is 17.1. The summed E-state index contributed by atoms with van der Waals surface area (Å²) in [5, 5.41) is 0. The lowest BCUT2D eigenvalue weighted by molar-refractivity contribution is 0.490. The average molecular weight is 366 g/mol. The molecule has 0 aliphatic carbocycles. The van der Waals surface area contributed by atoms with E-state index < -0.39 is 10.1 Å². The third-order valence-corrected chi connectivity index (χ3v) is 4.06. The van der Waals surface area contributed by atoms with Crippen LogP contribution < -0.4 is 5.73 Å². The Bertz CT molecular complexity index is 295. The molecule has 0 fully saturated rings. The van der Waals surface area contributed by atoms with Gasteiger partial charge in [0.25, 0.3) is 10.1 Å². The summed E-state index contributed by atoms with van der Waals surface area (Å²) in [6, 6.07) is 0. The summed E-state index contributed by atoms with van der Waals surface area (Å²) < 4.78 is 25.9. The monoisotopic (exact) mass is 365 g/mol. The molecule has 0 aromatic rings. The van der Waals surface area contributed by atoms with Crippen molar-refractivity contribution in [1.29, 1.82) is 0 Å². The fourth-order valence-electron chi connectivity index (χ4n) is 2.69. The van der Waals surface area contributed by atoms with E-state index in [9.17, 15) is 8.42 Å². The number of hydrogen-bond acceptors (Lipinski definition) is 3. The smallest absolute Gasteiger partial charge is 0.261 e. The Morgan fingerprint density at radius 1 is 0.625 bits per heavy atom. The zero-order chi connectivity index (χ0) is 18.5. The number of unbranched alkanes of at least 4 members (excludes halogenated alkanes) is 15. The largest absolute Gasteiger partial charge is 0.330 e. The molecule has 0 aliphatic rings. The molecule has 0 atom stereocenters. The Morgan fingerprint density at radius 3 is 1.04 bits per heavy atom. The molecule has 0 unspecified atom stereocenters. The Balaban J connectivity index is 0. The molecule has 3 N–H and O–H groups in total. The fraction of sp³-hybridized carbons (Fsp3) is 1.00. The molecule has 0 aliphatic heterocycles. The number of rotatable bonds is 16. The summed E-state index contributed by atoms with van der Waals surface area (Å²) in [5.41, 5.74) is 5.48. The van der Waals surface area contributed by atoms with Crippen molar-refractivity contribution < 1.29 is 13.0 Å². The lowest BCUT2D eigenvalue weighted by Gasteiger charge is -2.03. The standard InChI is InChI=1S/C18H39N.CH4O3S/c1-2-3-4-5-6-7-8-9-10-11-12-13-14-15-16-17-18-19;1-5(2,3)4/h2-19H2,1H3;1H3,(H,2,3,4). The van der Waals surface area contributed by atoms with Crippen LogP contribution in [0.4, 0.5) is 0 Å². The van der Waals surface area contributed by atoms with Crippen LogP contribution in [0.5, 0.6) is 0 Å². The van der Waals surface area contributed by atoms with Gasteiger partial charge >= 0.3 is 0 Å². The van der Waals surface area contributed by atoms with Crippen molar-refractivity contribution in [3.63, 3.8) is 0 Å². The summed E-state index contributed by atoms with van der Waals surface area (Å²) in [4.78, 5) is 0. The van der Waals surface area contributed by atoms with E-state index in [2.05, 4.69) is 6.92 Å². The van der Waals surface area contributed by atoms with E-state index in [4.69, 9.17) is 10.3 Å². The van der Waals surface area contributed by atoms with Crippen molar-refractivity contribution in [3.8, 4) is 0 Å². The van der Waals surface area contributed by atoms with Crippen LogP contribution in [0.1, 0.15) is 110 Å². The summed E-state index contributed by atoms with van der Waals surface area (Å²) >= 11 is 0. The Kier molecular flexibility index (Phi) is 22.7. The quantitative estimate of drug-likeness (QED) is 0.271. The summed E-state index contributed by atoms with van der Waals surface area (Å²) in [6.45, 7) is 3.16. The number of hydrogen-bond donors (Lipinski definition) is 2. The molecule has 0 spiro atoms.